The standard InChI is InChI=1S/C22H18N6O3/c1-13-7-14(3-4-19(13)31-15-5-6-28-20(10-15)24-12-26-28)27-22-21-17(23-11-25-22)8-16(30-2)9-18(21)29/h3-12,29H,1-2H3,(H,23,25,27). The highest BCUT2D eigenvalue weighted by atomic mass is 16.5. The average molecular weight is 414 g/mol. The molecular weight excluding hydrogens is 396 g/mol. The third-order valence-electron chi connectivity index (χ3n) is 4.84. The molecule has 31 heavy (non-hydrogen) atoms. The van der Waals surface area contributed by atoms with E-state index in [1.807, 2.05) is 37.3 Å². The summed E-state index contributed by atoms with van der Waals surface area (Å²) in [5, 5.41) is 18.3. The van der Waals surface area contributed by atoms with Crippen molar-refractivity contribution in [3.05, 3.63) is 66.9 Å². The number of aromatic hydroxyl groups is 1. The van der Waals surface area contributed by atoms with Crippen LogP contribution in [0.4, 0.5) is 11.5 Å². The molecule has 0 fully saturated rings. The number of nitrogens with one attached hydrogen (secondary N) is 1. The summed E-state index contributed by atoms with van der Waals surface area (Å²) in [7, 11) is 1.54. The molecule has 5 aromatic rings. The molecule has 0 aliphatic carbocycles. The van der Waals surface area contributed by atoms with Crippen LogP contribution in [-0.2, 0) is 0 Å². The number of hydrogen-bond donors (Lipinski definition) is 2. The Morgan fingerprint density at radius 2 is 1.87 bits per heavy atom. The fourth-order valence-electron chi connectivity index (χ4n) is 3.32. The second kappa shape index (κ2) is 7.45. The molecule has 0 aliphatic rings. The minimum atomic E-state index is 0.0398. The number of methoxy groups -OCH3 is 1. The summed E-state index contributed by atoms with van der Waals surface area (Å²) >= 11 is 0. The van der Waals surface area contributed by atoms with Crippen LogP contribution in [0.5, 0.6) is 23.0 Å². The van der Waals surface area contributed by atoms with Gasteiger partial charge in [0.05, 0.1) is 18.0 Å². The monoisotopic (exact) mass is 414 g/mol. The van der Waals surface area contributed by atoms with Gasteiger partial charge in [-0.15, -0.1) is 0 Å². The fourth-order valence-corrected chi connectivity index (χ4v) is 3.32. The lowest BCUT2D eigenvalue weighted by Gasteiger charge is -2.13. The molecule has 0 amide bonds. The zero-order valence-electron chi connectivity index (χ0n) is 16.8. The summed E-state index contributed by atoms with van der Waals surface area (Å²) in [4.78, 5) is 12.7. The Balaban J connectivity index is 1.42. The number of fused-ring (bicyclic) bond motifs is 2. The summed E-state index contributed by atoms with van der Waals surface area (Å²) in [6.07, 6.45) is 4.73. The summed E-state index contributed by atoms with van der Waals surface area (Å²) in [5.41, 5.74) is 3.01. The van der Waals surface area contributed by atoms with Gasteiger partial charge in [-0.05, 0) is 36.8 Å². The van der Waals surface area contributed by atoms with E-state index < -0.39 is 0 Å². The molecule has 0 unspecified atom stereocenters. The summed E-state index contributed by atoms with van der Waals surface area (Å²) in [6.45, 7) is 1.95. The van der Waals surface area contributed by atoms with Gasteiger partial charge in [0, 0.05) is 30.1 Å². The maximum absolute atomic E-state index is 10.4. The van der Waals surface area contributed by atoms with Crippen LogP contribution in [0.3, 0.4) is 0 Å². The van der Waals surface area contributed by atoms with Crippen molar-refractivity contribution < 1.29 is 14.6 Å². The van der Waals surface area contributed by atoms with Crippen LogP contribution in [0.15, 0.2) is 61.3 Å². The number of benzene rings is 2. The van der Waals surface area contributed by atoms with Crippen molar-refractivity contribution >= 4 is 28.1 Å². The number of rotatable bonds is 5. The van der Waals surface area contributed by atoms with Crippen molar-refractivity contribution in [1.82, 2.24) is 24.6 Å². The lowest BCUT2D eigenvalue weighted by molar-refractivity contribution is 0.409. The van der Waals surface area contributed by atoms with E-state index in [2.05, 4.69) is 25.4 Å². The van der Waals surface area contributed by atoms with Crippen molar-refractivity contribution in [3.8, 4) is 23.0 Å². The predicted molar refractivity (Wildman–Crippen MR) is 115 cm³/mol. The van der Waals surface area contributed by atoms with Crippen LogP contribution in [0.25, 0.3) is 16.6 Å². The van der Waals surface area contributed by atoms with E-state index in [9.17, 15) is 5.11 Å². The third-order valence-corrected chi connectivity index (χ3v) is 4.84. The van der Waals surface area contributed by atoms with Gasteiger partial charge >= 0.3 is 0 Å². The lowest BCUT2D eigenvalue weighted by atomic mass is 10.1. The number of aryl methyl sites for hydroxylation is 1. The van der Waals surface area contributed by atoms with E-state index in [1.54, 1.807) is 16.8 Å². The van der Waals surface area contributed by atoms with Crippen molar-refractivity contribution in [1.29, 1.82) is 0 Å². The number of phenols is 1. The van der Waals surface area contributed by atoms with Crippen molar-refractivity contribution in [2.45, 2.75) is 6.92 Å². The zero-order valence-corrected chi connectivity index (χ0v) is 16.8. The Kier molecular flexibility index (Phi) is 4.47. The number of nitrogens with zero attached hydrogens (tertiary/aromatic N) is 5. The Bertz CT molecular complexity index is 1420. The molecule has 0 atom stereocenters. The molecule has 3 aromatic heterocycles. The quantitative estimate of drug-likeness (QED) is 0.440. The van der Waals surface area contributed by atoms with Gasteiger partial charge in [-0.25, -0.2) is 19.5 Å². The van der Waals surface area contributed by atoms with Gasteiger partial charge in [-0.2, -0.15) is 5.10 Å². The minimum absolute atomic E-state index is 0.0398. The van der Waals surface area contributed by atoms with Crippen molar-refractivity contribution in [2.75, 3.05) is 12.4 Å². The van der Waals surface area contributed by atoms with Crippen LogP contribution in [0.1, 0.15) is 5.56 Å². The first-order valence-electron chi connectivity index (χ1n) is 9.47. The molecule has 0 saturated carbocycles. The Morgan fingerprint density at radius 1 is 0.968 bits per heavy atom. The first kappa shape index (κ1) is 18.6. The van der Waals surface area contributed by atoms with Gasteiger partial charge in [0.2, 0.25) is 0 Å². The largest absolute Gasteiger partial charge is 0.507 e. The second-order valence-corrected chi connectivity index (χ2v) is 6.90. The Labute approximate surface area is 176 Å². The number of hydrogen-bond acceptors (Lipinski definition) is 8. The normalized spacial score (nSPS) is 11.0. The maximum Gasteiger partial charge on any atom is 0.158 e. The Hall–Kier alpha value is -4.40. The smallest absolute Gasteiger partial charge is 0.158 e. The molecule has 0 radical (unpaired) electrons. The second-order valence-electron chi connectivity index (χ2n) is 6.90. The van der Waals surface area contributed by atoms with Crippen LogP contribution in [-0.4, -0.2) is 36.8 Å². The molecule has 2 N–H and O–H groups in total. The molecule has 5 rings (SSSR count). The summed E-state index contributed by atoms with van der Waals surface area (Å²) in [6, 6.07) is 12.6. The molecule has 9 heteroatoms. The van der Waals surface area contributed by atoms with Gasteiger partial charge in [0.1, 0.15) is 41.5 Å². The van der Waals surface area contributed by atoms with Crippen molar-refractivity contribution in [2.24, 2.45) is 0 Å². The number of anilines is 2. The van der Waals surface area contributed by atoms with Crippen LogP contribution < -0.4 is 14.8 Å². The van der Waals surface area contributed by atoms with Gasteiger partial charge in [-0.1, -0.05) is 0 Å². The van der Waals surface area contributed by atoms with Gasteiger partial charge in [-0.3, -0.25) is 0 Å². The predicted octanol–water partition coefficient (Wildman–Crippen LogP) is 4.23. The topological polar surface area (TPSA) is 107 Å². The number of aromatic nitrogens is 5. The Morgan fingerprint density at radius 3 is 2.71 bits per heavy atom. The summed E-state index contributed by atoms with van der Waals surface area (Å²) in [5.74, 6) is 2.45. The summed E-state index contributed by atoms with van der Waals surface area (Å²) < 4.78 is 12.9. The van der Waals surface area contributed by atoms with Crippen LogP contribution in [0.2, 0.25) is 0 Å². The van der Waals surface area contributed by atoms with E-state index in [0.717, 1.165) is 17.0 Å². The molecule has 0 saturated heterocycles. The third kappa shape index (κ3) is 3.52. The molecule has 0 spiro atoms. The first-order chi connectivity index (χ1) is 15.1. The van der Waals surface area contributed by atoms with Crippen LogP contribution in [0, 0.1) is 6.92 Å². The van der Waals surface area contributed by atoms with Gasteiger partial charge in [0.25, 0.3) is 0 Å². The SMILES string of the molecule is COc1cc(O)c2c(Nc3ccc(Oc4ccn5ncnc5c4)c(C)c3)ncnc2c1. The van der Waals surface area contributed by atoms with Gasteiger partial charge < -0.3 is 19.9 Å². The van der Waals surface area contributed by atoms with E-state index in [-0.39, 0.29) is 5.75 Å². The highest BCUT2D eigenvalue weighted by Crippen LogP contribution is 2.35. The van der Waals surface area contributed by atoms with E-state index in [1.165, 1.54) is 25.8 Å². The molecule has 154 valence electrons. The molecule has 3 heterocycles. The molecular formula is C22H18N6O3. The molecule has 9 nitrogen and oxygen atoms in total. The maximum atomic E-state index is 10.4. The van der Waals surface area contributed by atoms with Crippen molar-refractivity contribution in [3.63, 3.8) is 0 Å². The number of ether oxygens (including phenoxy) is 2. The zero-order chi connectivity index (χ0) is 21.4. The number of phenolic OH excluding ortho intramolecular Hbond substituents is 1. The lowest BCUT2D eigenvalue weighted by Crippen LogP contribution is -1.98. The first-order valence-corrected chi connectivity index (χ1v) is 9.47. The fraction of sp³-hybridized carbons (Fsp3) is 0.0909. The van der Waals surface area contributed by atoms with E-state index in [4.69, 9.17) is 9.47 Å². The highest BCUT2D eigenvalue weighted by Gasteiger charge is 2.12. The van der Waals surface area contributed by atoms with E-state index >= 15 is 0 Å². The van der Waals surface area contributed by atoms with E-state index in [0.29, 0.717) is 33.9 Å². The number of pyridine rings is 1. The highest BCUT2D eigenvalue weighted by molar-refractivity contribution is 5.96. The molecule has 0 bridgehead atoms. The minimum Gasteiger partial charge on any atom is -0.507 e. The molecule has 0 aliphatic heterocycles. The van der Waals surface area contributed by atoms with Crippen LogP contribution >= 0.6 is 0 Å². The molecule has 2 aromatic carbocycles. The van der Waals surface area contributed by atoms with Gasteiger partial charge in [0.15, 0.2) is 5.65 Å². The average Bonchev–Trinajstić information content (AvgIpc) is 3.23.